The van der Waals surface area contributed by atoms with Gasteiger partial charge in [-0.15, -0.1) is 0 Å². The molecule has 0 saturated heterocycles. The minimum atomic E-state index is -0.336. The maximum Gasteiger partial charge on any atom is 0.330 e. The molecule has 0 fully saturated rings. The number of hydrogen-bond donors (Lipinski definition) is 0. The van der Waals surface area contributed by atoms with Gasteiger partial charge in [0.15, 0.2) is 11.5 Å². The number of hydrogen-bond acceptors (Lipinski definition) is 4. The number of ether oxygens (including phenoxy) is 3. The van der Waals surface area contributed by atoms with Gasteiger partial charge in [-0.2, -0.15) is 0 Å². The van der Waals surface area contributed by atoms with Crippen LogP contribution in [-0.2, 0) is 9.53 Å². The minimum absolute atomic E-state index is 0.279. The predicted molar refractivity (Wildman–Crippen MR) is 161 cm³/mol. The lowest BCUT2D eigenvalue weighted by Gasteiger charge is -2.24. The smallest absolute Gasteiger partial charge is 0.330 e. The Bertz CT molecular complexity index is 1390. The van der Waals surface area contributed by atoms with E-state index < -0.39 is 0 Å². The van der Waals surface area contributed by atoms with Gasteiger partial charge in [-0.05, 0) is 88.9 Å². The molecule has 1 aliphatic heterocycles. The molecular formula is C35H38O4. The normalized spacial score (nSPS) is 13.9. The monoisotopic (exact) mass is 522 g/mol. The van der Waals surface area contributed by atoms with Crippen LogP contribution in [0.3, 0.4) is 0 Å². The summed E-state index contributed by atoms with van der Waals surface area (Å²) in [4.78, 5) is 11.8. The Labute approximate surface area is 232 Å². The topological polar surface area (TPSA) is 44.8 Å². The molecule has 0 aromatic heterocycles. The van der Waals surface area contributed by atoms with E-state index in [1.165, 1.54) is 33.9 Å². The SMILES string of the molecule is CCOC(=O)/C=C/c1ccc(C(/C(=C/c2ccccc2C)C(C)C)=C(/CC)c2ccc3c(c2)OCCO3)cc1. The average molecular weight is 523 g/mol. The van der Waals surface area contributed by atoms with Gasteiger partial charge in [0, 0.05) is 6.08 Å². The van der Waals surface area contributed by atoms with Gasteiger partial charge in [0.25, 0.3) is 0 Å². The first-order valence-corrected chi connectivity index (χ1v) is 13.8. The zero-order valence-corrected chi connectivity index (χ0v) is 23.6. The molecule has 39 heavy (non-hydrogen) atoms. The predicted octanol–water partition coefficient (Wildman–Crippen LogP) is 8.40. The Kier molecular flexibility index (Phi) is 9.43. The average Bonchev–Trinajstić information content (AvgIpc) is 2.95. The van der Waals surface area contributed by atoms with E-state index in [0.29, 0.717) is 19.8 Å². The molecule has 0 aliphatic carbocycles. The molecule has 202 valence electrons. The first kappa shape index (κ1) is 28.0. The highest BCUT2D eigenvalue weighted by Crippen LogP contribution is 2.41. The Balaban J connectivity index is 1.89. The summed E-state index contributed by atoms with van der Waals surface area (Å²) in [6.07, 6.45) is 6.44. The summed E-state index contributed by atoms with van der Waals surface area (Å²) in [6.45, 7) is 12.1. The molecule has 0 atom stereocenters. The van der Waals surface area contributed by atoms with Gasteiger partial charge in [-0.3, -0.25) is 0 Å². The van der Waals surface area contributed by atoms with Crippen molar-refractivity contribution in [1.82, 2.24) is 0 Å². The zero-order chi connectivity index (χ0) is 27.8. The lowest BCUT2D eigenvalue weighted by Crippen LogP contribution is -2.15. The fourth-order valence-electron chi connectivity index (χ4n) is 4.83. The van der Waals surface area contributed by atoms with E-state index >= 15 is 0 Å². The molecule has 1 heterocycles. The van der Waals surface area contributed by atoms with Gasteiger partial charge in [0.1, 0.15) is 13.2 Å². The van der Waals surface area contributed by atoms with Crippen molar-refractivity contribution >= 4 is 29.3 Å². The summed E-state index contributed by atoms with van der Waals surface area (Å²) in [7, 11) is 0. The van der Waals surface area contributed by atoms with Gasteiger partial charge in [-0.1, -0.05) is 81.4 Å². The molecule has 0 bridgehead atoms. The second-order valence-corrected chi connectivity index (χ2v) is 9.88. The van der Waals surface area contributed by atoms with E-state index in [4.69, 9.17) is 14.2 Å². The van der Waals surface area contributed by atoms with Crippen molar-refractivity contribution in [2.75, 3.05) is 19.8 Å². The standard InChI is InChI=1S/C35H38O4/c1-6-30(29-17-18-32-33(23-29)39-21-20-38-32)35(31(24(3)4)22-28-11-9-8-10-25(28)5)27-15-12-26(13-16-27)14-19-34(36)37-7-2/h8-19,22-24H,6-7,20-21H2,1-5H3/b19-14+,31-22+,35-30+. The number of rotatable bonds is 9. The van der Waals surface area contributed by atoms with E-state index in [2.05, 4.69) is 82.3 Å². The first-order chi connectivity index (χ1) is 18.9. The molecule has 0 unspecified atom stereocenters. The van der Waals surface area contributed by atoms with Crippen LogP contribution in [0.2, 0.25) is 0 Å². The molecule has 1 aliphatic rings. The Morgan fingerprint density at radius 2 is 1.62 bits per heavy atom. The number of carbonyl (C=O) groups is 1. The Morgan fingerprint density at radius 1 is 0.923 bits per heavy atom. The lowest BCUT2D eigenvalue weighted by atomic mass is 9.82. The fraction of sp³-hybridized carbons (Fsp3) is 0.286. The van der Waals surface area contributed by atoms with Gasteiger partial charge in [0.2, 0.25) is 0 Å². The van der Waals surface area contributed by atoms with Crippen LogP contribution < -0.4 is 9.47 Å². The van der Waals surface area contributed by atoms with E-state index in [-0.39, 0.29) is 11.9 Å². The fourth-order valence-corrected chi connectivity index (χ4v) is 4.83. The van der Waals surface area contributed by atoms with Gasteiger partial charge < -0.3 is 14.2 Å². The highest BCUT2D eigenvalue weighted by molar-refractivity contribution is 6.01. The van der Waals surface area contributed by atoms with E-state index in [1.54, 1.807) is 13.0 Å². The van der Waals surface area contributed by atoms with Crippen molar-refractivity contribution in [3.8, 4) is 11.5 Å². The van der Waals surface area contributed by atoms with Crippen LogP contribution >= 0.6 is 0 Å². The van der Waals surface area contributed by atoms with Crippen LogP contribution in [0, 0.1) is 12.8 Å². The minimum Gasteiger partial charge on any atom is -0.486 e. The largest absolute Gasteiger partial charge is 0.486 e. The van der Waals surface area contributed by atoms with Crippen molar-refractivity contribution in [1.29, 1.82) is 0 Å². The molecule has 0 amide bonds. The highest BCUT2D eigenvalue weighted by atomic mass is 16.6. The van der Waals surface area contributed by atoms with Crippen LogP contribution in [-0.4, -0.2) is 25.8 Å². The van der Waals surface area contributed by atoms with E-state index in [0.717, 1.165) is 34.6 Å². The van der Waals surface area contributed by atoms with Gasteiger partial charge in [0.05, 0.1) is 6.61 Å². The number of aryl methyl sites for hydroxylation is 1. The van der Waals surface area contributed by atoms with Gasteiger partial charge in [-0.25, -0.2) is 4.79 Å². The number of fused-ring (bicyclic) bond motifs is 1. The molecule has 4 nitrogen and oxygen atoms in total. The molecule has 0 spiro atoms. The number of carbonyl (C=O) groups excluding carboxylic acids is 1. The zero-order valence-electron chi connectivity index (χ0n) is 23.6. The molecule has 0 radical (unpaired) electrons. The maximum atomic E-state index is 11.8. The third kappa shape index (κ3) is 6.88. The maximum absolute atomic E-state index is 11.8. The highest BCUT2D eigenvalue weighted by Gasteiger charge is 2.20. The molecule has 4 rings (SSSR count). The first-order valence-electron chi connectivity index (χ1n) is 13.8. The second-order valence-electron chi connectivity index (χ2n) is 9.88. The Morgan fingerprint density at radius 3 is 2.28 bits per heavy atom. The molecule has 0 N–H and O–H groups in total. The third-order valence-electron chi connectivity index (χ3n) is 6.85. The summed E-state index contributed by atoms with van der Waals surface area (Å²) in [5, 5.41) is 0. The summed E-state index contributed by atoms with van der Waals surface area (Å²) in [6, 6.07) is 23.1. The van der Waals surface area contributed by atoms with Crippen molar-refractivity contribution in [3.63, 3.8) is 0 Å². The summed E-state index contributed by atoms with van der Waals surface area (Å²) >= 11 is 0. The molecular weight excluding hydrogens is 484 g/mol. The van der Waals surface area contributed by atoms with Crippen molar-refractivity contribution in [2.24, 2.45) is 5.92 Å². The van der Waals surface area contributed by atoms with Crippen LogP contribution in [0.5, 0.6) is 11.5 Å². The van der Waals surface area contributed by atoms with Gasteiger partial charge >= 0.3 is 5.97 Å². The van der Waals surface area contributed by atoms with Crippen molar-refractivity contribution in [3.05, 3.63) is 106 Å². The Hall–Kier alpha value is -4.05. The van der Waals surface area contributed by atoms with Crippen molar-refractivity contribution in [2.45, 2.75) is 41.0 Å². The van der Waals surface area contributed by atoms with E-state index in [1.807, 2.05) is 18.2 Å². The summed E-state index contributed by atoms with van der Waals surface area (Å²) in [5.74, 6) is 1.52. The van der Waals surface area contributed by atoms with Crippen LogP contribution in [0.25, 0.3) is 23.3 Å². The summed E-state index contributed by atoms with van der Waals surface area (Å²) < 4.78 is 16.8. The molecule has 3 aromatic rings. The molecule has 3 aromatic carbocycles. The van der Waals surface area contributed by atoms with Crippen molar-refractivity contribution < 1.29 is 19.0 Å². The quantitative estimate of drug-likeness (QED) is 0.122. The third-order valence-corrected chi connectivity index (χ3v) is 6.85. The van der Waals surface area contributed by atoms with Crippen LogP contribution in [0.4, 0.5) is 0 Å². The van der Waals surface area contributed by atoms with E-state index in [9.17, 15) is 4.79 Å². The lowest BCUT2D eigenvalue weighted by molar-refractivity contribution is -0.137. The summed E-state index contributed by atoms with van der Waals surface area (Å²) in [5.41, 5.74) is 9.38. The second kappa shape index (κ2) is 13.1. The van der Waals surface area contributed by atoms with Crippen LogP contribution in [0.1, 0.15) is 61.9 Å². The number of esters is 1. The number of allylic oxidation sites excluding steroid dienone is 3. The molecule has 4 heteroatoms. The van der Waals surface area contributed by atoms with Crippen LogP contribution in [0.15, 0.2) is 78.4 Å². The molecule has 0 saturated carbocycles. The number of benzene rings is 3.